The van der Waals surface area contributed by atoms with E-state index < -0.39 is 11.4 Å². The molecule has 1 aliphatic carbocycles. The van der Waals surface area contributed by atoms with Crippen molar-refractivity contribution in [3.05, 3.63) is 41.0 Å². The predicted molar refractivity (Wildman–Crippen MR) is 79.4 cm³/mol. The monoisotopic (exact) mass is 302 g/mol. The number of ketones is 1. The van der Waals surface area contributed by atoms with Crippen LogP contribution in [0.4, 0.5) is 0 Å². The number of ether oxygens (including phenoxy) is 2. The number of esters is 1. The molecule has 3 rings (SSSR count). The molecule has 0 aromatic heterocycles. The van der Waals surface area contributed by atoms with Crippen LogP contribution in [0.15, 0.2) is 29.8 Å². The van der Waals surface area contributed by atoms with E-state index in [1.165, 1.54) is 0 Å². The van der Waals surface area contributed by atoms with Crippen molar-refractivity contribution in [1.82, 2.24) is 0 Å². The number of fused-ring (bicyclic) bond motifs is 2. The van der Waals surface area contributed by atoms with E-state index in [0.717, 1.165) is 5.56 Å². The number of hydrogen-bond donors (Lipinski definition) is 1. The topological polar surface area (TPSA) is 72.8 Å². The van der Waals surface area contributed by atoms with Crippen LogP contribution >= 0.6 is 0 Å². The standard InChI is InChI=1S/C17H18O5/c1-2-22-16(20)13-14(18)11-5-3-4-6-12(11)17(15(13)19)7-9-21-10-8-17/h3-6,18H,2,7-10H2,1H3. The Hall–Kier alpha value is -2.14. The number of carbonyl (C=O) groups is 2. The molecule has 0 amide bonds. The van der Waals surface area contributed by atoms with Crippen LogP contribution in [0.1, 0.15) is 30.9 Å². The third-order valence-electron chi connectivity index (χ3n) is 4.42. The van der Waals surface area contributed by atoms with E-state index in [0.29, 0.717) is 31.6 Å². The van der Waals surface area contributed by atoms with Gasteiger partial charge in [-0.15, -0.1) is 0 Å². The van der Waals surface area contributed by atoms with E-state index >= 15 is 0 Å². The summed E-state index contributed by atoms with van der Waals surface area (Å²) in [4.78, 5) is 25.2. The van der Waals surface area contributed by atoms with Crippen LogP contribution in [0.25, 0.3) is 5.76 Å². The molecule has 1 spiro atoms. The second-order valence-corrected chi connectivity index (χ2v) is 5.51. The summed E-state index contributed by atoms with van der Waals surface area (Å²) in [5.74, 6) is -1.40. The Kier molecular flexibility index (Phi) is 3.74. The number of Topliss-reactive ketones (excluding diaryl/α,β-unsaturated/α-hetero) is 1. The minimum absolute atomic E-state index is 0.153. The molecule has 2 aliphatic rings. The lowest BCUT2D eigenvalue weighted by atomic mass is 9.64. The van der Waals surface area contributed by atoms with Crippen LogP contribution in [-0.4, -0.2) is 36.7 Å². The molecule has 1 saturated heterocycles. The van der Waals surface area contributed by atoms with E-state index in [1.807, 2.05) is 12.1 Å². The lowest BCUT2D eigenvalue weighted by Gasteiger charge is -2.40. The summed E-state index contributed by atoms with van der Waals surface area (Å²) >= 11 is 0. The molecule has 0 radical (unpaired) electrons. The van der Waals surface area contributed by atoms with E-state index in [2.05, 4.69) is 0 Å². The van der Waals surface area contributed by atoms with Crippen molar-refractivity contribution in [3.8, 4) is 0 Å². The molecule has 22 heavy (non-hydrogen) atoms. The zero-order valence-corrected chi connectivity index (χ0v) is 12.4. The minimum Gasteiger partial charge on any atom is -0.506 e. The molecule has 1 aromatic carbocycles. The fraction of sp³-hybridized carbons (Fsp3) is 0.412. The molecule has 0 unspecified atom stereocenters. The van der Waals surface area contributed by atoms with E-state index in [9.17, 15) is 14.7 Å². The number of aliphatic hydroxyl groups is 1. The van der Waals surface area contributed by atoms with Crippen molar-refractivity contribution in [3.63, 3.8) is 0 Å². The van der Waals surface area contributed by atoms with Gasteiger partial charge in [0.2, 0.25) is 0 Å². The Morgan fingerprint density at radius 1 is 1.32 bits per heavy atom. The summed E-state index contributed by atoms with van der Waals surface area (Å²) in [6.45, 7) is 2.73. The largest absolute Gasteiger partial charge is 0.506 e. The van der Waals surface area contributed by atoms with Crippen LogP contribution in [0.5, 0.6) is 0 Å². The van der Waals surface area contributed by atoms with Gasteiger partial charge in [-0.2, -0.15) is 0 Å². The van der Waals surface area contributed by atoms with Gasteiger partial charge in [-0.05, 0) is 25.3 Å². The molecule has 116 valence electrons. The zero-order valence-electron chi connectivity index (χ0n) is 12.4. The van der Waals surface area contributed by atoms with Crippen LogP contribution in [-0.2, 0) is 24.5 Å². The van der Waals surface area contributed by atoms with Gasteiger partial charge in [0.25, 0.3) is 0 Å². The first-order valence-electron chi connectivity index (χ1n) is 7.44. The van der Waals surface area contributed by atoms with Crippen LogP contribution in [0.2, 0.25) is 0 Å². The molecular formula is C17H18O5. The van der Waals surface area contributed by atoms with E-state index in [-0.39, 0.29) is 23.7 Å². The lowest BCUT2D eigenvalue weighted by Crippen LogP contribution is -2.46. The average Bonchev–Trinajstić information content (AvgIpc) is 2.55. The zero-order chi connectivity index (χ0) is 15.7. The third-order valence-corrected chi connectivity index (χ3v) is 4.42. The summed E-state index contributed by atoms with van der Waals surface area (Å²) in [5, 5.41) is 10.4. The van der Waals surface area contributed by atoms with E-state index in [1.54, 1.807) is 19.1 Å². The highest BCUT2D eigenvalue weighted by Crippen LogP contribution is 2.45. The molecule has 5 nitrogen and oxygen atoms in total. The van der Waals surface area contributed by atoms with Crippen molar-refractivity contribution < 1.29 is 24.2 Å². The highest BCUT2D eigenvalue weighted by atomic mass is 16.5. The predicted octanol–water partition coefficient (Wildman–Crippen LogP) is 2.15. The quantitative estimate of drug-likeness (QED) is 0.669. The van der Waals surface area contributed by atoms with Crippen LogP contribution < -0.4 is 0 Å². The van der Waals surface area contributed by atoms with Gasteiger partial charge in [-0.25, -0.2) is 4.79 Å². The summed E-state index contributed by atoms with van der Waals surface area (Å²) in [6.07, 6.45) is 0.998. The molecule has 1 fully saturated rings. The Labute approximate surface area is 128 Å². The summed E-state index contributed by atoms with van der Waals surface area (Å²) in [7, 11) is 0. The average molecular weight is 302 g/mol. The van der Waals surface area contributed by atoms with Gasteiger partial charge in [0.1, 0.15) is 11.3 Å². The van der Waals surface area contributed by atoms with Gasteiger partial charge in [-0.1, -0.05) is 24.3 Å². The van der Waals surface area contributed by atoms with Gasteiger partial charge in [0.15, 0.2) is 5.78 Å². The van der Waals surface area contributed by atoms with Crippen molar-refractivity contribution in [2.24, 2.45) is 0 Å². The SMILES string of the molecule is CCOC(=O)C1=C(O)c2ccccc2C2(CCOCC2)C1=O. The second-order valence-electron chi connectivity index (χ2n) is 5.51. The summed E-state index contributed by atoms with van der Waals surface area (Å²) in [5.41, 5.74) is 0.270. The molecule has 1 heterocycles. The number of rotatable bonds is 2. The van der Waals surface area contributed by atoms with Gasteiger partial charge < -0.3 is 14.6 Å². The first kappa shape index (κ1) is 14.8. The Morgan fingerprint density at radius 2 is 2.00 bits per heavy atom. The van der Waals surface area contributed by atoms with Gasteiger partial charge >= 0.3 is 5.97 Å². The molecule has 0 bridgehead atoms. The van der Waals surface area contributed by atoms with E-state index in [4.69, 9.17) is 9.47 Å². The lowest BCUT2D eigenvalue weighted by molar-refractivity contribution is -0.141. The first-order chi connectivity index (χ1) is 10.6. The third kappa shape index (κ3) is 2.04. The molecule has 1 N–H and O–H groups in total. The second kappa shape index (κ2) is 5.57. The highest BCUT2D eigenvalue weighted by Gasteiger charge is 2.50. The fourth-order valence-corrected chi connectivity index (χ4v) is 3.32. The summed E-state index contributed by atoms with van der Waals surface area (Å²) < 4.78 is 10.3. The van der Waals surface area contributed by atoms with Crippen molar-refractivity contribution in [1.29, 1.82) is 0 Å². The first-order valence-corrected chi connectivity index (χ1v) is 7.44. The highest BCUT2D eigenvalue weighted by molar-refractivity contribution is 6.27. The molecule has 0 saturated carbocycles. The number of carbonyl (C=O) groups excluding carboxylic acids is 2. The number of benzene rings is 1. The smallest absolute Gasteiger partial charge is 0.345 e. The van der Waals surface area contributed by atoms with Gasteiger partial charge in [0.05, 0.1) is 12.0 Å². The number of aliphatic hydroxyl groups excluding tert-OH is 1. The van der Waals surface area contributed by atoms with Crippen LogP contribution in [0.3, 0.4) is 0 Å². The Morgan fingerprint density at radius 3 is 2.68 bits per heavy atom. The van der Waals surface area contributed by atoms with Crippen molar-refractivity contribution >= 4 is 17.5 Å². The van der Waals surface area contributed by atoms with Crippen LogP contribution in [0, 0.1) is 0 Å². The fourth-order valence-electron chi connectivity index (χ4n) is 3.32. The Balaban J connectivity index is 2.20. The van der Waals surface area contributed by atoms with Gasteiger partial charge in [0, 0.05) is 18.8 Å². The molecule has 0 atom stereocenters. The maximum absolute atomic E-state index is 13.0. The minimum atomic E-state index is -0.802. The van der Waals surface area contributed by atoms with Crippen molar-refractivity contribution in [2.45, 2.75) is 25.2 Å². The summed E-state index contributed by atoms with van der Waals surface area (Å²) in [6, 6.07) is 7.19. The van der Waals surface area contributed by atoms with Crippen molar-refractivity contribution in [2.75, 3.05) is 19.8 Å². The normalized spacial score (nSPS) is 20.0. The maximum Gasteiger partial charge on any atom is 0.345 e. The van der Waals surface area contributed by atoms with Gasteiger partial charge in [-0.3, -0.25) is 4.79 Å². The molecule has 5 heteroatoms. The molecule has 1 aromatic rings. The molecule has 1 aliphatic heterocycles. The Bertz CT molecular complexity index is 653. The maximum atomic E-state index is 13.0. The molecular weight excluding hydrogens is 284 g/mol. The number of hydrogen-bond acceptors (Lipinski definition) is 5.